The first-order valence-electron chi connectivity index (χ1n) is 10.7. The average Bonchev–Trinajstić information content (AvgIpc) is 3.37. The van der Waals surface area contributed by atoms with Gasteiger partial charge in [0.25, 0.3) is 0 Å². The van der Waals surface area contributed by atoms with Crippen molar-refractivity contribution >= 4 is 5.97 Å². The van der Waals surface area contributed by atoms with Crippen molar-refractivity contribution in [2.24, 2.45) is 0 Å². The second-order valence-corrected chi connectivity index (χ2v) is 7.74. The zero-order chi connectivity index (χ0) is 21.8. The van der Waals surface area contributed by atoms with Crippen molar-refractivity contribution in [1.29, 1.82) is 0 Å². The predicted molar refractivity (Wildman–Crippen MR) is 114 cm³/mol. The number of rotatable bonds is 9. The molecule has 0 spiro atoms. The Morgan fingerprint density at radius 1 is 1.19 bits per heavy atom. The zero-order valence-electron chi connectivity index (χ0n) is 17.8. The number of hydrogen-bond donors (Lipinski definition) is 0. The maximum absolute atomic E-state index is 10.9. The van der Waals surface area contributed by atoms with Crippen molar-refractivity contribution in [1.82, 2.24) is 4.98 Å². The Labute approximate surface area is 181 Å². The second kappa shape index (κ2) is 9.25. The van der Waals surface area contributed by atoms with E-state index in [1.54, 1.807) is 7.11 Å². The van der Waals surface area contributed by atoms with E-state index in [0.29, 0.717) is 18.9 Å². The Hall–Kier alpha value is -3.28. The molecule has 0 fully saturated rings. The van der Waals surface area contributed by atoms with E-state index in [4.69, 9.17) is 13.9 Å². The van der Waals surface area contributed by atoms with E-state index in [-0.39, 0.29) is 12.3 Å². The zero-order valence-corrected chi connectivity index (χ0v) is 17.8. The number of carboxylic acids is 1. The molecule has 31 heavy (non-hydrogen) atoms. The van der Waals surface area contributed by atoms with Crippen LogP contribution in [-0.4, -0.2) is 24.7 Å². The first-order valence-corrected chi connectivity index (χ1v) is 10.7. The van der Waals surface area contributed by atoms with Crippen molar-refractivity contribution in [3.8, 4) is 23.0 Å². The van der Waals surface area contributed by atoms with E-state index in [0.717, 1.165) is 53.3 Å². The number of oxazole rings is 1. The van der Waals surface area contributed by atoms with Crippen LogP contribution in [0.3, 0.4) is 0 Å². The van der Waals surface area contributed by atoms with Crippen LogP contribution in [0.15, 0.2) is 46.9 Å². The first-order chi connectivity index (χ1) is 15.1. The standard InChI is InChI=1S/C25H27NO5/c1-3-23-22(26-25(31-23)16-6-8-19(29-2)9-7-16)12-13-30-20-10-11-21-17(14-20)4-5-18(21)15-24(27)28/h6-11,14,18H,3-5,12-13,15H2,1-2H3,(H,27,28)/p-1. The van der Waals surface area contributed by atoms with E-state index < -0.39 is 5.97 Å². The van der Waals surface area contributed by atoms with Crippen molar-refractivity contribution in [2.75, 3.05) is 13.7 Å². The molecule has 1 aliphatic rings. The summed E-state index contributed by atoms with van der Waals surface area (Å²) in [6.07, 6.45) is 3.21. The third kappa shape index (κ3) is 4.74. The number of benzene rings is 2. The van der Waals surface area contributed by atoms with Gasteiger partial charge in [-0.3, -0.25) is 0 Å². The fourth-order valence-corrected chi connectivity index (χ4v) is 4.16. The lowest BCUT2D eigenvalue weighted by atomic mass is 9.98. The topological polar surface area (TPSA) is 84.6 Å². The van der Waals surface area contributed by atoms with Crippen LogP contribution in [0, 0.1) is 0 Å². The number of carboxylic acid groups (broad SMARTS) is 1. The summed E-state index contributed by atoms with van der Waals surface area (Å²) < 4.78 is 17.1. The summed E-state index contributed by atoms with van der Waals surface area (Å²) in [6, 6.07) is 13.6. The van der Waals surface area contributed by atoms with Gasteiger partial charge in [0.1, 0.15) is 17.3 Å². The molecule has 1 unspecified atom stereocenters. The molecule has 1 atom stereocenters. The van der Waals surface area contributed by atoms with Gasteiger partial charge in [-0.2, -0.15) is 0 Å². The summed E-state index contributed by atoms with van der Waals surface area (Å²) in [5, 5.41) is 10.9. The number of aromatic nitrogens is 1. The number of methoxy groups -OCH3 is 1. The molecule has 2 aromatic carbocycles. The van der Waals surface area contributed by atoms with Gasteiger partial charge in [0, 0.05) is 24.4 Å². The number of carbonyl (C=O) groups excluding carboxylic acids is 1. The summed E-state index contributed by atoms with van der Waals surface area (Å²) in [6.45, 7) is 2.54. The molecule has 1 aromatic heterocycles. The third-order valence-corrected chi connectivity index (χ3v) is 5.77. The molecule has 4 rings (SSSR count). The van der Waals surface area contributed by atoms with E-state index in [1.165, 1.54) is 5.56 Å². The molecule has 0 bridgehead atoms. The van der Waals surface area contributed by atoms with Crippen LogP contribution < -0.4 is 14.6 Å². The minimum absolute atomic E-state index is 0.0488. The smallest absolute Gasteiger partial charge is 0.226 e. The summed E-state index contributed by atoms with van der Waals surface area (Å²) in [5.41, 5.74) is 4.09. The molecular weight excluding hydrogens is 394 g/mol. The van der Waals surface area contributed by atoms with Gasteiger partial charge in [0.15, 0.2) is 0 Å². The molecular formula is C25H26NO5-. The number of fused-ring (bicyclic) bond motifs is 1. The molecule has 0 aliphatic heterocycles. The lowest BCUT2D eigenvalue weighted by molar-refractivity contribution is -0.306. The Kier molecular flexibility index (Phi) is 6.26. The molecule has 6 nitrogen and oxygen atoms in total. The lowest BCUT2D eigenvalue weighted by Gasteiger charge is -2.13. The number of aryl methyl sites for hydroxylation is 2. The largest absolute Gasteiger partial charge is 0.550 e. The van der Waals surface area contributed by atoms with Crippen LogP contribution >= 0.6 is 0 Å². The van der Waals surface area contributed by atoms with Gasteiger partial charge in [0.05, 0.1) is 19.4 Å². The third-order valence-electron chi connectivity index (χ3n) is 5.77. The van der Waals surface area contributed by atoms with E-state index >= 15 is 0 Å². The van der Waals surface area contributed by atoms with E-state index in [2.05, 4.69) is 4.98 Å². The summed E-state index contributed by atoms with van der Waals surface area (Å²) in [5.74, 6) is 2.11. The second-order valence-electron chi connectivity index (χ2n) is 7.74. The Balaban J connectivity index is 1.39. The van der Waals surface area contributed by atoms with Crippen LogP contribution in [0.25, 0.3) is 11.5 Å². The van der Waals surface area contributed by atoms with Crippen LogP contribution in [-0.2, 0) is 24.1 Å². The summed E-state index contributed by atoms with van der Waals surface area (Å²) in [4.78, 5) is 15.6. The highest BCUT2D eigenvalue weighted by Crippen LogP contribution is 2.37. The van der Waals surface area contributed by atoms with Gasteiger partial charge in [-0.1, -0.05) is 13.0 Å². The highest BCUT2D eigenvalue weighted by Gasteiger charge is 2.23. The predicted octanol–water partition coefficient (Wildman–Crippen LogP) is 3.70. The number of carbonyl (C=O) groups is 1. The fourth-order valence-electron chi connectivity index (χ4n) is 4.16. The van der Waals surface area contributed by atoms with Gasteiger partial charge in [-0.25, -0.2) is 4.98 Å². The normalized spacial score (nSPS) is 15.0. The van der Waals surface area contributed by atoms with E-state index in [9.17, 15) is 9.90 Å². The maximum Gasteiger partial charge on any atom is 0.226 e. The molecule has 6 heteroatoms. The molecule has 0 amide bonds. The monoisotopic (exact) mass is 420 g/mol. The van der Waals surface area contributed by atoms with Crippen molar-refractivity contribution in [2.45, 2.75) is 44.9 Å². The highest BCUT2D eigenvalue weighted by atomic mass is 16.5. The average molecular weight is 420 g/mol. The maximum atomic E-state index is 10.9. The van der Waals surface area contributed by atoms with E-state index in [1.807, 2.05) is 49.4 Å². The summed E-state index contributed by atoms with van der Waals surface area (Å²) >= 11 is 0. The van der Waals surface area contributed by atoms with Crippen molar-refractivity contribution < 1.29 is 23.8 Å². The molecule has 0 radical (unpaired) electrons. The van der Waals surface area contributed by atoms with Gasteiger partial charge in [0.2, 0.25) is 5.89 Å². The molecule has 162 valence electrons. The number of ether oxygens (including phenoxy) is 2. The van der Waals surface area contributed by atoms with Crippen molar-refractivity contribution in [3.63, 3.8) is 0 Å². The minimum atomic E-state index is -0.994. The van der Waals surface area contributed by atoms with Crippen LogP contribution in [0.2, 0.25) is 0 Å². The fraction of sp³-hybridized carbons (Fsp3) is 0.360. The first kappa shape index (κ1) is 21.0. The molecule has 3 aromatic rings. The Morgan fingerprint density at radius 3 is 2.68 bits per heavy atom. The quantitative estimate of drug-likeness (QED) is 0.525. The molecule has 1 heterocycles. The van der Waals surface area contributed by atoms with Crippen LogP contribution in [0.5, 0.6) is 11.5 Å². The number of nitrogens with zero attached hydrogens (tertiary/aromatic N) is 1. The molecule has 0 saturated heterocycles. The van der Waals surface area contributed by atoms with Gasteiger partial charge in [-0.05, 0) is 72.7 Å². The SMILES string of the molecule is CCc1oc(-c2ccc(OC)cc2)nc1CCOc1ccc2c(c1)CCC2CC(=O)[O-]. The minimum Gasteiger partial charge on any atom is -0.550 e. The Morgan fingerprint density at radius 2 is 1.97 bits per heavy atom. The highest BCUT2D eigenvalue weighted by molar-refractivity contribution is 5.66. The molecule has 0 saturated carbocycles. The van der Waals surface area contributed by atoms with Gasteiger partial charge < -0.3 is 23.8 Å². The van der Waals surface area contributed by atoms with Crippen LogP contribution in [0.1, 0.15) is 48.3 Å². The van der Waals surface area contributed by atoms with Gasteiger partial charge >= 0.3 is 0 Å². The van der Waals surface area contributed by atoms with Gasteiger partial charge in [-0.15, -0.1) is 0 Å². The Bertz CT molecular complexity index is 1050. The number of aliphatic carboxylic acids is 1. The lowest BCUT2D eigenvalue weighted by Crippen LogP contribution is -2.23. The number of hydrogen-bond acceptors (Lipinski definition) is 6. The molecule has 0 N–H and O–H groups in total. The van der Waals surface area contributed by atoms with Crippen LogP contribution in [0.4, 0.5) is 0 Å². The summed E-state index contributed by atoms with van der Waals surface area (Å²) in [7, 11) is 1.64. The molecule has 1 aliphatic carbocycles. The van der Waals surface area contributed by atoms with Crippen molar-refractivity contribution in [3.05, 3.63) is 65.0 Å².